The molecule has 0 aliphatic rings. The fourth-order valence-corrected chi connectivity index (χ4v) is 2.25. The van der Waals surface area contributed by atoms with Gasteiger partial charge in [0, 0.05) is 18.4 Å². The number of aryl methyl sites for hydroxylation is 1. The average molecular weight is 466 g/mol. The average Bonchev–Trinajstić information content (AvgIpc) is 2.45. The molecule has 1 aromatic heterocycles. The number of aromatic nitrogens is 1. The van der Waals surface area contributed by atoms with E-state index in [4.69, 9.17) is 28.9 Å². The summed E-state index contributed by atoms with van der Waals surface area (Å²) in [6, 6.07) is 9.55. The van der Waals surface area contributed by atoms with Gasteiger partial charge in [-0.05, 0) is 30.7 Å². The maximum atomic E-state index is 6.01. The van der Waals surface area contributed by atoms with Crippen molar-refractivity contribution < 1.29 is 0 Å². The second-order valence-corrected chi connectivity index (χ2v) is 5.52. The topological polar surface area (TPSA) is 75.3 Å². The first-order valence-electron chi connectivity index (χ1n) is 6.73. The van der Waals surface area contributed by atoms with Crippen molar-refractivity contribution in [2.45, 2.75) is 6.92 Å². The van der Waals surface area contributed by atoms with E-state index in [0.29, 0.717) is 34.9 Å². The van der Waals surface area contributed by atoms with Crippen molar-refractivity contribution in [3.8, 4) is 0 Å². The Hall–Kier alpha value is -1.25. The number of pyridine rings is 1. The van der Waals surface area contributed by atoms with Crippen LogP contribution in [0.2, 0.25) is 10.0 Å². The summed E-state index contributed by atoms with van der Waals surface area (Å²) in [7, 11) is 0. The van der Waals surface area contributed by atoms with Gasteiger partial charge in [-0.15, -0.1) is 24.0 Å². The quantitative estimate of drug-likeness (QED) is 0.268. The van der Waals surface area contributed by atoms with Crippen molar-refractivity contribution in [2.24, 2.45) is 10.7 Å². The molecule has 0 bridgehead atoms. The van der Waals surface area contributed by atoms with Crippen LogP contribution < -0.4 is 16.4 Å². The van der Waals surface area contributed by atoms with Crippen LogP contribution in [0, 0.1) is 6.92 Å². The van der Waals surface area contributed by atoms with E-state index < -0.39 is 0 Å². The Morgan fingerprint density at radius 2 is 2.09 bits per heavy atom. The van der Waals surface area contributed by atoms with Crippen LogP contribution in [-0.2, 0) is 0 Å². The predicted octanol–water partition coefficient (Wildman–Crippen LogP) is 4.15. The van der Waals surface area contributed by atoms with Crippen LogP contribution in [0.5, 0.6) is 0 Å². The number of nitrogens with zero attached hydrogens (tertiary/aromatic N) is 2. The third-order valence-electron chi connectivity index (χ3n) is 2.78. The lowest BCUT2D eigenvalue weighted by atomic mass is 10.2. The summed E-state index contributed by atoms with van der Waals surface area (Å²) in [4.78, 5) is 8.34. The van der Waals surface area contributed by atoms with Gasteiger partial charge in [-0.1, -0.05) is 35.3 Å². The molecular formula is C15H18Cl2IN5. The smallest absolute Gasteiger partial charge is 0.193 e. The number of aliphatic imine (C=N–C) groups is 1. The highest BCUT2D eigenvalue weighted by atomic mass is 127. The second kappa shape index (κ2) is 9.79. The van der Waals surface area contributed by atoms with Crippen LogP contribution in [0.1, 0.15) is 5.56 Å². The van der Waals surface area contributed by atoms with Crippen LogP contribution >= 0.6 is 47.2 Å². The molecule has 4 N–H and O–H groups in total. The fourth-order valence-electron chi connectivity index (χ4n) is 1.81. The van der Waals surface area contributed by atoms with Crippen molar-refractivity contribution in [3.63, 3.8) is 0 Å². The minimum atomic E-state index is 0. The third-order valence-corrected chi connectivity index (χ3v) is 3.28. The molecule has 0 saturated carbocycles. The molecule has 0 atom stereocenters. The van der Waals surface area contributed by atoms with Gasteiger partial charge in [-0.25, -0.2) is 4.98 Å². The molecule has 0 saturated heterocycles. The molecule has 0 fully saturated rings. The molecule has 0 unspecified atom stereocenters. The number of guanidine groups is 1. The van der Waals surface area contributed by atoms with Crippen molar-refractivity contribution >= 4 is 64.6 Å². The van der Waals surface area contributed by atoms with Crippen LogP contribution in [0.3, 0.4) is 0 Å². The van der Waals surface area contributed by atoms with Gasteiger partial charge in [0.2, 0.25) is 0 Å². The van der Waals surface area contributed by atoms with Crippen molar-refractivity contribution in [1.29, 1.82) is 0 Å². The van der Waals surface area contributed by atoms with E-state index in [2.05, 4.69) is 20.6 Å². The molecule has 0 amide bonds. The molecule has 0 aliphatic carbocycles. The predicted molar refractivity (Wildman–Crippen MR) is 109 cm³/mol. The zero-order valence-corrected chi connectivity index (χ0v) is 16.4. The molecule has 0 radical (unpaired) electrons. The molecular weight excluding hydrogens is 448 g/mol. The van der Waals surface area contributed by atoms with Gasteiger partial charge in [0.15, 0.2) is 5.96 Å². The molecule has 2 rings (SSSR count). The van der Waals surface area contributed by atoms with Crippen LogP contribution in [-0.4, -0.2) is 24.0 Å². The van der Waals surface area contributed by atoms with E-state index in [9.17, 15) is 0 Å². The SMILES string of the molecule is Cc1cccc(NC(N)=NCCNc2ncc(Cl)cc2Cl)c1.I. The minimum absolute atomic E-state index is 0. The first-order chi connectivity index (χ1) is 10.5. The van der Waals surface area contributed by atoms with E-state index in [1.807, 2.05) is 31.2 Å². The number of halogens is 3. The Bertz CT molecular complexity index is 679. The van der Waals surface area contributed by atoms with Crippen LogP contribution in [0.25, 0.3) is 0 Å². The van der Waals surface area contributed by atoms with Gasteiger partial charge >= 0.3 is 0 Å². The van der Waals surface area contributed by atoms with E-state index in [1.54, 1.807) is 6.07 Å². The summed E-state index contributed by atoms with van der Waals surface area (Å²) in [6.45, 7) is 3.07. The highest BCUT2D eigenvalue weighted by molar-refractivity contribution is 14.0. The zero-order chi connectivity index (χ0) is 15.9. The largest absolute Gasteiger partial charge is 0.370 e. The van der Waals surface area contributed by atoms with Crippen molar-refractivity contribution in [2.75, 3.05) is 23.7 Å². The molecule has 1 aromatic carbocycles. The lowest BCUT2D eigenvalue weighted by molar-refractivity contribution is 1.01. The summed E-state index contributed by atoms with van der Waals surface area (Å²) < 4.78 is 0. The Balaban J connectivity index is 0.00000264. The maximum Gasteiger partial charge on any atom is 0.193 e. The first kappa shape index (κ1) is 19.8. The number of rotatable bonds is 5. The molecule has 2 aromatic rings. The molecule has 0 spiro atoms. The van der Waals surface area contributed by atoms with Crippen LogP contribution in [0.15, 0.2) is 41.5 Å². The van der Waals surface area contributed by atoms with Gasteiger partial charge in [0.1, 0.15) is 5.82 Å². The zero-order valence-electron chi connectivity index (χ0n) is 12.5. The van der Waals surface area contributed by atoms with Crippen molar-refractivity contribution in [1.82, 2.24) is 4.98 Å². The van der Waals surface area contributed by atoms with Gasteiger partial charge < -0.3 is 16.4 Å². The second-order valence-electron chi connectivity index (χ2n) is 4.67. The molecule has 23 heavy (non-hydrogen) atoms. The monoisotopic (exact) mass is 465 g/mol. The molecule has 5 nitrogen and oxygen atoms in total. The highest BCUT2D eigenvalue weighted by Gasteiger charge is 2.01. The number of anilines is 2. The maximum absolute atomic E-state index is 6.01. The normalized spacial score (nSPS) is 10.8. The lowest BCUT2D eigenvalue weighted by Gasteiger charge is -2.08. The Labute approximate surface area is 162 Å². The van der Waals surface area contributed by atoms with Gasteiger partial charge in [0.25, 0.3) is 0 Å². The number of nitrogens with two attached hydrogens (primary N) is 1. The molecule has 124 valence electrons. The van der Waals surface area contributed by atoms with Crippen molar-refractivity contribution in [3.05, 3.63) is 52.1 Å². The number of hydrogen-bond donors (Lipinski definition) is 3. The molecule has 0 aliphatic heterocycles. The highest BCUT2D eigenvalue weighted by Crippen LogP contribution is 2.22. The Morgan fingerprint density at radius 1 is 1.30 bits per heavy atom. The molecule has 1 heterocycles. The van der Waals surface area contributed by atoms with E-state index in [1.165, 1.54) is 6.20 Å². The summed E-state index contributed by atoms with van der Waals surface area (Å²) >= 11 is 11.8. The van der Waals surface area contributed by atoms with E-state index in [-0.39, 0.29) is 24.0 Å². The number of hydrogen-bond acceptors (Lipinski definition) is 3. The van der Waals surface area contributed by atoms with Gasteiger partial charge in [-0.3, -0.25) is 4.99 Å². The standard InChI is InChI=1S/C15H17Cl2N5.HI/c1-10-3-2-4-12(7-10)22-15(18)20-6-5-19-14-13(17)8-11(16)9-21-14;/h2-4,7-9H,5-6H2,1H3,(H,19,21)(H3,18,20,22);1H. The minimum Gasteiger partial charge on any atom is -0.370 e. The fraction of sp³-hybridized carbons (Fsp3) is 0.200. The van der Waals surface area contributed by atoms with Gasteiger partial charge in [0.05, 0.1) is 16.6 Å². The summed E-state index contributed by atoms with van der Waals surface area (Å²) in [6.07, 6.45) is 1.53. The number of nitrogens with one attached hydrogen (secondary N) is 2. The molecule has 8 heteroatoms. The summed E-state index contributed by atoms with van der Waals surface area (Å²) in [5.41, 5.74) is 7.91. The van der Waals surface area contributed by atoms with Crippen LogP contribution in [0.4, 0.5) is 11.5 Å². The van der Waals surface area contributed by atoms with E-state index in [0.717, 1.165) is 11.3 Å². The summed E-state index contributed by atoms with van der Waals surface area (Å²) in [5.74, 6) is 0.939. The third kappa shape index (κ3) is 6.80. The summed E-state index contributed by atoms with van der Waals surface area (Å²) in [5, 5.41) is 7.09. The lowest BCUT2D eigenvalue weighted by Crippen LogP contribution is -2.23. The van der Waals surface area contributed by atoms with E-state index >= 15 is 0 Å². The first-order valence-corrected chi connectivity index (χ1v) is 7.49. The Kier molecular flexibility index (Phi) is 8.43. The number of benzene rings is 1. The Morgan fingerprint density at radius 3 is 2.78 bits per heavy atom. The van der Waals surface area contributed by atoms with Gasteiger partial charge in [-0.2, -0.15) is 0 Å².